The number of benzene rings is 4. The summed E-state index contributed by atoms with van der Waals surface area (Å²) in [5.74, 6) is -0.513. The van der Waals surface area contributed by atoms with E-state index in [2.05, 4.69) is 35.7 Å². The minimum atomic E-state index is -3.64. The first kappa shape index (κ1) is 26.5. The van der Waals surface area contributed by atoms with E-state index in [0.29, 0.717) is 27.8 Å². The van der Waals surface area contributed by atoms with Crippen molar-refractivity contribution >= 4 is 38.2 Å². The number of anilines is 1. The lowest BCUT2D eigenvalue weighted by Crippen LogP contribution is -2.25. The van der Waals surface area contributed by atoms with Gasteiger partial charge in [-0.1, -0.05) is 48.5 Å². The second-order valence-corrected chi connectivity index (χ2v) is 12.1. The number of hydrogen-bond acceptors (Lipinski definition) is 4. The lowest BCUT2D eigenvalue weighted by atomic mass is 9.93. The molecule has 6 nitrogen and oxygen atoms in total. The largest absolute Gasteiger partial charge is 0.455 e. The molecular weight excluding hydrogens is 539 g/mol. The molecule has 1 heterocycles. The molecule has 1 aliphatic rings. The lowest BCUT2D eigenvalue weighted by Gasteiger charge is -2.21. The van der Waals surface area contributed by atoms with E-state index in [1.54, 1.807) is 24.3 Å². The van der Waals surface area contributed by atoms with Crippen LogP contribution in [0.3, 0.4) is 0 Å². The number of halogens is 1. The summed E-state index contributed by atoms with van der Waals surface area (Å²) in [7, 11) is -0.622. The van der Waals surface area contributed by atoms with Gasteiger partial charge in [0.25, 0.3) is 5.91 Å². The van der Waals surface area contributed by atoms with Gasteiger partial charge in [0.2, 0.25) is 10.0 Å². The van der Waals surface area contributed by atoms with Crippen LogP contribution in [0.2, 0.25) is 0 Å². The van der Waals surface area contributed by atoms with Crippen LogP contribution < -0.4 is 9.62 Å². The van der Waals surface area contributed by atoms with E-state index in [0.717, 1.165) is 34.9 Å². The smallest absolute Gasteiger partial charge is 0.255 e. The predicted molar refractivity (Wildman–Crippen MR) is 161 cm³/mol. The number of hydrogen-bond donors (Lipinski definition) is 1. The van der Waals surface area contributed by atoms with Gasteiger partial charge in [-0.15, -0.1) is 0 Å². The number of fused-ring (bicyclic) bond motifs is 2. The van der Waals surface area contributed by atoms with Crippen molar-refractivity contribution in [1.29, 1.82) is 0 Å². The Morgan fingerprint density at radius 1 is 0.902 bits per heavy atom. The number of rotatable bonds is 6. The van der Waals surface area contributed by atoms with Gasteiger partial charge in [0.05, 0.1) is 17.5 Å². The molecule has 0 saturated carbocycles. The van der Waals surface area contributed by atoms with Gasteiger partial charge >= 0.3 is 0 Å². The molecule has 8 heteroatoms. The molecule has 0 unspecified atom stereocenters. The minimum Gasteiger partial charge on any atom is -0.455 e. The van der Waals surface area contributed by atoms with Crippen LogP contribution in [0.25, 0.3) is 39.0 Å². The molecule has 0 saturated heterocycles. The summed E-state index contributed by atoms with van der Waals surface area (Å²) < 4.78 is 46.6. The van der Waals surface area contributed by atoms with Gasteiger partial charge in [0.1, 0.15) is 17.2 Å². The van der Waals surface area contributed by atoms with Crippen molar-refractivity contribution < 1.29 is 22.0 Å². The highest BCUT2D eigenvalue weighted by atomic mass is 32.2. The molecule has 5 aromatic rings. The first-order valence-electron chi connectivity index (χ1n) is 13.1. The van der Waals surface area contributed by atoms with Crippen LogP contribution in [0.5, 0.6) is 0 Å². The Kier molecular flexibility index (Phi) is 6.50. The SMILES string of the molecule is CNC(=O)c1c(-c2ccc(F)cc2)oc2cc(N(C)S(C)(=O)=O)c(-c3ccc4c(c3)C(c3ccccc3)=CC4)cc12. The average Bonchev–Trinajstić information content (AvgIpc) is 3.57. The third-order valence-corrected chi connectivity index (χ3v) is 8.72. The molecule has 1 aromatic heterocycles. The number of nitrogens with zero attached hydrogens (tertiary/aromatic N) is 1. The zero-order valence-electron chi connectivity index (χ0n) is 22.7. The molecular formula is C33H27FN2O4S. The highest BCUT2D eigenvalue weighted by molar-refractivity contribution is 7.92. The lowest BCUT2D eigenvalue weighted by molar-refractivity contribution is 0.0964. The number of carbonyl (C=O) groups excluding carboxylic acids is 1. The maximum absolute atomic E-state index is 13.7. The van der Waals surface area contributed by atoms with Gasteiger partial charge in [0, 0.05) is 36.7 Å². The third kappa shape index (κ3) is 4.70. The number of nitrogens with one attached hydrogen (secondary N) is 1. The van der Waals surface area contributed by atoms with Gasteiger partial charge in [-0.25, -0.2) is 12.8 Å². The maximum Gasteiger partial charge on any atom is 0.255 e. The zero-order chi connectivity index (χ0) is 28.9. The van der Waals surface area contributed by atoms with E-state index < -0.39 is 15.8 Å². The fraction of sp³-hybridized carbons (Fsp3) is 0.121. The molecule has 0 fully saturated rings. The summed E-state index contributed by atoms with van der Waals surface area (Å²) in [5.41, 5.74) is 7.46. The van der Waals surface area contributed by atoms with Crippen LogP contribution in [0.4, 0.5) is 10.1 Å². The Morgan fingerprint density at radius 3 is 2.29 bits per heavy atom. The number of amides is 1. The van der Waals surface area contributed by atoms with Gasteiger partial charge < -0.3 is 9.73 Å². The summed E-state index contributed by atoms with van der Waals surface area (Å²) in [6.07, 6.45) is 4.14. The van der Waals surface area contributed by atoms with Gasteiger partial charge in [-0.2, -0.15) is 0 Å². The van der Waals surface area contributed by atoms with Crippen molar-refractivity contribution in [1.82, 2.24) is 5.32 Å². The monoisotopic (exact) mass is 566 g/mol. The number of carbonyl (C=O) groups is 1. The third-order valence-electron chi connectivity index (χ3n) is 7.53. The fourth-order valence-corrected chi connectivity index (χ4v) is 5.85. The molecule has 0 aliphatic heterocycles. The summed E-state index contributed by atoms with van der Waals surface area (Å²) in [6, 6.07) is 25.4. The Balaban J connectivity index is 1.61. The Labute approximate surface area is 237 Å². The van der Waals surface area contributed by atoms with Crippen molar-refractivity contribution in [2.24, 2.45) is 0 Å². The molecule has 206 valence electrons. The van der Waals surface area contributed by atoms with Crippen LogP contribution >= 0.6 is 0 Å². The Morgan fingerprint density at radius 2 is 1.61 bits per heavy atom. The van der Waals surface area contributed by atoms with Gasteiger partial charge in [0.15, 0.2) is 0 Å². The second kappa shape index (κ2) is 10.1. The number of furan rings is 1. The van der Waals surface area contributed by atoms with Crippen LogP contribution in [-0.4, -0.2) is 34.7 Å². The molecule has 0 bridgehead atoms. The molecule has 1 aliphatic carbocycles. The van der Waals surface area contributed by atoms with Crippen LogP contribution in [0.15, 0.2) is 95.4 Å². The van der Waals surface area contributed by atoms with E-state index in [9.17, 15) is 17.6 Å². The van der Waals surface area contributed by atoms with Crippen molar-refractivity contribution in [3.63, 3.8) is 0 Å². The number of sulfonamides is 1. The van der Waals surface area contributed by atoms with E-state index in [4.69, 9.17) is 4.42 Å². The summed E-state index contributed by atoms with van der Waals surface area (Å²) in [5, 5.41) is 3.19. The number of allylic oxidation sites excluding steroid dienone is 1. The summed E-state index contributed by atoms with van der Waals surface area (Å²) in [4.78, 5) is 13.2. The second-order valence-electron chi connectivity index (χ2n) is 10.0. The molecule has 0 radical (unpaired) electrons. The van der Waals surface area contributed by atoms with Gasteiger partial charge in [-0.05, 0) is 70.6 Å². The van der Waals surface area contributed by atoms with E-state index in [-0.39, 0.29) is 17.2 Å². The molecule has 1 N–H and O–H groups in total. The van der Waals surface area contributed by atoms with Gasteiger partial charge in [-0.3, -0.25) is 9.10 Å². The highest BCUT2D eigenvalue weighted by Crippen LogP contribution is 2.43. The fourth-order valence-electron chi connectivity index (χ4n) is 5.34. The summed E-state index contributed by atoms with van der Waals surface area (Å²) >= 11 is 0. The molecule has 0 spiro atoms. The molecule has 1 amide bonds. The van der Waals surface area contributed by atoms with Crippen LogP contribution in [-0.2, 0) is 16.4 Å². The molecule has 6 rings (SSSR count). The zero-order valence-corrected chi connectivity index (χ0v) is 23.6. The average molecular weight is 567 g/mol. The van der Waals surface area contributed by atoms with Crippen molar-refractivity contribution in [2.45, 2.75) is 6.42 Å². The molecule has 41 heavy (non-hydrogen) atoms. The molecule has 0 atom stereocenters. The minimum absolute atomic E-state index is 0.271. The normalized spacial score (nSPS) is 12.7. The van der Waals surface area contributed by atoms with E-state index in [1.165, 1.54) is 36.1 Å². The first-order chi connectivity index (χ1) is 19.7. The topological polar surface area (TPSA) is 79.6 Å². The van der Waals surface area contributed by atoms with Crippen molar-refractivity contribution in [2.75, 3.05) is 24.7 Å². The van der Waals surface area contributed by atoms with Crippen molar-refractivity contribution in [3.05, 3.63) is 119 Å². The standard InChI is InChI=1S/C33H27FN2O4S/c1-35-33(37)31-28-18-27(23-10-9-21-13-16-25(26(21)17-23)20-7-5-4-6-8-20)29(36(2)41(3,38)39)19-30(28)40-32(31)22-11-14-24(34)15-12-22/h4-12,14-19H,13H2,1-3H3,(H,35,37). The van der Waals surface area contributed by atoms with E-state index in [1.807, 2.05) is 24.3 Å². The molecule has 4 aromatic carbocycles. The van der Waals surface area contributed by atoms with Crippen LogP contribution in [0, 0.1) is 5.82 Å². The maximum atomic E-state index is 13.7. The Hall–Kier alpha value is -4.69. The predicted octanol–water partition coefficient (Wildman–Crippen LogP) is 6.65. The summed E-state index contributed by atoms with van der Waals surface area (Å²) in [6.45, 7) is 0. The van der Waals surface area contributed by atoms with Crippen LogP contribution in [0.1, 0.15) is 27.0 Å². The Bertz CT molecular complexity index is 1960. The van der Waals surface area contributed by atoms with E-state index >= 15 is 0 Å². The quantitative estimate of drug-likeness (QED) is 0.250. The highest BCUT2D eigenvalue weighted by Gasteiger charge is 2.26. The first-order valence-corrected chi connectivity index (χ1v) is 14.9. The van der Waals surface area contributed by atoms with Crippen molar-refractivity contribution in [3.8, 4) is 22.5 Å².